The van der Waals surface area contributed by atoms with Crippen molar-refractivity contribution in [2.75, 3.05) is 0 Å². The molecule has 5 heteroatoms. The molecule has 39 heavy (non-hydrogen) atoms. The maximum absolute atomic E-state index is 4.87. The first-order valence-corrected chi connectivity index (χ1v) is 15.4. The van der Waals surface area contributed by atoms with Crippen molar-refractivity contribution >= 4 is 35.7 Å². The van der Waals surface area contributed by atoms with Gasteiger partial charge in [-0.05, 0) is 53.5 Å². The molecule has 0 aliphatic heterocycles. The highest BCUT2D eigenvalue weighted by molar-refractivity contribution is 8.03. The van der Waals surface area contributed by atoms with Crippen molar-refractivity contribution in [2.45, 2.75) is 31.2 Å². The van der Waals surface area contributed by atoms with Gasteiger partial charge in [-0.15, -0.1) is 5.10 Å². The Morgan fingerprint density at radius 2 is 1.36 bits per heavy atom. The Hall–Kier alpha value is -3.72. The average Bonchev–Trinajstić information content (AvgIpc) is 3.63. The quantitative estimate of drug-likeness (QED) is 0.189. The molecule has 0 unspecified atom stereocenters. The number of allylic oxidation sites excluding steroid dienone is 4. The van der Waals surface area contributed by atoms with Gasteiger partial charge < -0.3 is 0 Å². The molecule has 4 aromatic carbocycles. The van der Waals surface area contributed by atoms with Gasteiger partial charge in [0.1, 0.15) is 5.69 Å². The maximum atomic E-state index is 4.87. The highest BCUT2D eigenvalue weighted by Gasteiger charge is 2.30. The van der Waals surface area contributed by atoms with Crippen molar-refractivity contribution in [2.24, 2.45) is 0 Å². The van der Waals surface area contributed by atoms with Crippen LogP contribution in [-0.2, 0) is 0 Å². The first-order valence-electron chi connectivity index (χ1n) is 13.2. The molecule has 0 fully saturated rings. The van der Waals surface area contributed by atoms with Crippen LogP contribution >= 0.6 is 19.7 Å². The largest absolute Gasteiger partial charge is 0.236 e. The van der Waals surface area contributed by atoms with E-state index in [0.717, 1.165) is 17.7 Å². The summed E-state index contributed by atoms with van der Waals surface area (Å²) in [5.41, 5.74) is 5.81. The van der Waals surface area contributed by atoms with Gasteiger partial charge in [0.15, 0.2) is 0 Å². The summed E-state index contributed by atoms with van der Waals surface area (Å²) < 4.78 is 2.19. The van der Waals surface area contributed by atoms with E-state index in [2.05, 4.69) is 146 Å². The summed E-state index contributed by atoms with van der Waals surface area (Å²) in [6.45, 7) is 4.39. The third-order valence-corrected chi connectivity index (χ3v) is 10.6. The Morgan fingerprint density at radius 3 is 1.97 bits per heavy atom. The molecule has 0 saturated carbocycles. The van der Waals surface area contributed by atoms with Gasteiger partial charge in [-0.1, -0.05) is 138 Å². The first-order chi connectivity index (χ1) is 19.2. The Bertz CT molecular complexity index is 1570. The Kier molecular flexibility index (Phi) is 7.58. The molecule has 0 amide bonds. The van der Waals surface area contributed by atoms with Crippen molar-refractivity contribution in [1.29, 1.82) is 0 Å². The molecule has 0 spiro atoms. The standard InChI is InChI=1S/C34H30N3PS/c1-25-21-23-30(24-22-25)39-32-20-12-19-31(32)26(2)37-34(33(35-36-37)27-13-6-3-7-14-27)38(28-15-8-4-9-16-28)29-17-10-5-11-18-29/h3-19,21-24,26H,20H2,1-2H3/t26-/m0/s1. The molecule has 1 aliphatic carbocycles. The topological polar surface area (TPSA) is 30.7 Å². The van der Waals surface area contributed by atoms with Crippen LogP contribution in [0.5, 0.6) is 0 Å². The van der Waals surface area contributed by atoms with Crippen molar-refractivity contribution in [3.8, 4) is 11.3 Å². The van der Waals surface area contributed by atoms with Crippen LogP contribution in [0.3, 0.4) is 0 Å². The molecule has 1 aliphatic rings. The lowest BCUT2D eigenvalue weighted by molar-refractivity contribution is 0.554. The van der Waals surface area contributed by atoms with Crippen LogP contribution in [0.2, 0.25) is 0 Å². The summed E-state index contributed by atoms with van der Waals surface area (Å²) >= 11 is 1.86. The van der Waals surface area contributed by atoms with E-state index in [9.17, 15) is 0 Å². The second-order valence-electron chi connectivity index (χ2n) is 9.65. The van der Waals surface area contributed by atoms with Crippen LogP contribution in [-0.4, -0.2) is 15.0 Å². The number of thioether (sulfide) groups is 1. The summed E-state index contributed by atoms with van der Waals surface area (Å²) in [5, 5.41) is 12.3. The van der Waals surface area contributed by atoms with Crippen LogP contribution in [0.15, 0.2) is 143 Å². The monoisotopic (exact) mass is 543 g/mol. The van der Waals surface area contributed by atoms with E-state index in [4.69, 9.17) is 10.3 Å². The molecule has 0 radical (unpaired) electrons. The summed E-state index contributed by atoms with van der Waals surface area (Å²) in [7, 11) is -0.903. The van der Waals surface area contributed by atoms with Crippen LogP contribution in [0.4, 0.5) is 0 Å². The predicted octanol–water partition coefficient (Wildman–Crippen LogP) is 7.58. The van der Waals surface area contributed by atoms with Crippen molar-refractivity contribution in [1.82, 2.24) is 15.0 Å². The highest BCUT2D eigenvalue weighted by Crippen LogP contribution is 2.42. The molecule has 0 saturated heterocycles. The minimum Gasteiger partial charge on any atom is -0.236 e. The number of aromatic nitrogens is 3. The molecule has 0 N–H and O–H groups in total. The van der Waals surface area contributed by atoms with Gasteiger partial charge in [0.2, 0.25) is 0 Å². The van der Waals surface area contributed by atoms with E-state index in [1.54, 1.807) is 0 Å². The fourth-order valence-electron chi connectivity index (χ4n) is 4.95. The fourth-order valence-corrected chi connectivity index (χ4v) is 8.57. The van der Waals surface area contributed by atoms with Gasteiger partial charge in [-0.2, -0.15) is 0 Å². The Labute approximate surface area is 236 Å². The SMILES string of the molecule is Cc1ccc(SC2=C([C@H](C)n3nnc(-c4ccccc4)c3P(c3ccccc3)c3ccccc3)C=CC2)cc1. The first kappa shape index (κ1) is 25.6. The molecule has 1 heterocycles. The lowest BCUT2D eigenvalue weighted by atomic mass is 10.1. The summed E-state index contributed by atoms with van der Waals surface area (Å²) in [6, 6.07) is 41.0. The molecular formula is C34H30N3PS. The van der Waals surface area contributed by atoms with Crippen molar-refractivity contribution in [3.05, 3.63) is 143 Å². The average molecular weight is 544 g/mol. The van der Waals surface area contributed by atoms with Gasteiger partial charge in [-0.3, -0.25) is 0 Å². The molecule has 6 rings (SSSR count). The van der Waals surface area contributed by atoms with E-state index in [1.807, 2.05) is 11.8 Å². The van der Waals surface area contributed by atoms with Gasteiger partial charge in [0.05, 0.1) is 11.5 Å². The number of rotatable bonds is 8. The Balaban J connectivity index is 1.51. The van der Waals surface area contributed by atoms with Gasteiger partial charge >= 0.3 is 0 Å². The molecule has 192 valence electrons. The molecular weight excluding hydrogens is 513 g/mol. The van der Waals surface area contributed by atoms with Crippen molar-refractivity contribution < 1.29 is 0 Å². The second-order valence-corrected chi connectivity index (χ2v) is 13.0. The lowest BCUT2D eigenvalue weighted by Gasteiger charge is -2.24. The number of aryl methyl sites for hydroxylation is 1. The minimum absolute atomic E-state index is 0.0362. The summed E-state index contributed by atoms with van der Waals surface area (Å²) in [6.07, 6.45) is 5.50. The maximum Gasteiger partial charge on any atom is 0.121 e. The molecule has 1 aromatic heterocycles. The zero-order valence-corrected chi connectivity index (χ0v) is 23.8. The van der Waals surface area contributed by atoms with E-state index in [-0.39, 0.29) is 6.04 Å². The van der Waals surface area contributed by atoms with Crippen LogP contribution in [0, 0.1) is 6.92 Å². The normalized spacial score (nSPS) is 13.8. The highest BCUT2D eigenvalue weighted by atomic mass is 32.2. The molecule has 0 bridgehead atoms. The van der Waals surface area contributed by atoms with E-state index in [0.29, 0.717) is 0 Å². The third-order valence-electron chi connectivity index (χ3n) is 6.96. The Morgan fingerprint density at radius 1 is 0.769 bits per heavy atom. The fraction of sp³-hybridized carbons (Fsp3) is 0.118. The smallest absolute Gasteiger partial charge is 0.121 e. The van der Waals surface area contributed by atoms with Crippen molar-refractivity contribution in [3.63, 3.8) is 0 Å². The van der Waals surface area contributed by atoms with Gasteiger partial charge in [-0.25, -0.2) is 4.68 Å². The number of hydrogen-bond acceptors (Lipinski definition) is 3. The summed E-state index contributed by atoms with van der Waals surface area (Å²) in [5.74, 6) is 0. The van der Waals surface area contributed by atoms with Crippen LogP contribution in [0.1, 0.15) is 24.9 Å². The third kappa shape index (κ3) is 5.41. The zero-order chi connectivity index (χ0) is 26.6. The van der Waals surface area contributed by atoms with Crippen LogP contribution in [0.25, 0.3) is 11.3 Å². The van der Waals surface area contributed by atoms with Gasteiger partial charge in [0, 0.05) is 18.4 Å². The minimum atomic E-state index is -0.903. The lowest BCUT2D eigenvalue weighted by Crippen LogP contribution is -2.30. The molecule has 1 atom stereocenters. The number of nitrogens with zero attached hydrogens (tertiary/aromatic N) is 3. The van der Waals surface area contributed by atoms with Gasteiger partial charge in [0.25, 0.3) is 0 Å². The summed E-state index contributed by atoms with van der Waals surface area (Å²) in [4.78, 5) is 2.64. The van der Waals surface area contributed by atoms with E-state index >= 15 is 0 Å². The van der Waals surface area contributed by atoms with E-state index < -0.39 is 7.92 Å². The van der Waals surface area contributed by atoms with Crippen LogP contribution < -0.4 is 16.0 Å². The number of benzene rings is 4. The number of hydrogen-bond donors (Lipinski definition) is 0. The zero-order valence-electron chi connectivity index (χ0n) is 22.1. The van der Waals surface area contributed by atoms with E-state index in [1.165, 1.54) is 37.0 Å². The molecule has 3 nitrogen and oxygen atoms in total. The molecule has 5 aromatic rings. The predicted molar refractivity (Wildman–Crippen MR) is 167 cm³/mol. The second kappa shape index (κ2) is 11.6.